The Kier molecular flexibility index (Phi) is 9.59. The zero-order valence-electron chi connectivity index (χ0n) is 25.5. The van der Waals surface area contributed by atoms with Gasteiger partial charge in [0.15, 0.2) is 0 Å². The molecule has 6 aromatic rings. The Hall–Kier alpha value is -5.36. The van der Waals surface area contributed by atoms with Crippen LogP contribution >= 0.6 is 23.2 Å². The molecular formula is C36H26Cl2N4O6S. The molecule has 246 valence electrons. The van der Waals surface area contributed by atoms with Crippen LogP contribution in [0, 0.1) is 10.1 Å². The van der Waals surface area contributed by atoms with Gasteiger partial charge in [0.2, 0.25) is 9.84 Å². The van der Waals surface area contributed by atoms with Crippen molar-refractivity contribution >= 4 is 60.8 Å². The van der Waals surface area contributed by atoms with Crippen molar-refractivity contribution in [2.45, 2.75) is 23.9 Å². The van der Waals surface area contributed by atoms with Crippen molar-refractivity contribution in [1.82, 2.24) is 14.9 Å². The number of amides is 1. The van der Waals surface area contributed by atoms with Crippen LogP contribution in [0.2, 0.25) is 10.0 Å². The largest absolute Gasteiger partial charge is 0.341 e. The molecule has 0 aliphatic heterocycles. The van der Waals surface area contributed by atoms with E-state index in [1.54, 1.807) is 59.4 Å². The van der Waals surface area contributed by atoms with Crippen molar-refractivity contribution in [2.24, 2.45) is 0 Å². The molecule has 1 N–H and O–H groups in total. The number of hydrogen-bond acceptors (Lipinski definition) is 7. The van der Waals surface area contributed by atoms with Gasteiger partial charge in [0, 0.05) is 41.8 Å². The Balaban J connectivity index is 1.30. The van der Waals surface area contributed by atoms with Crippen molar-refractivity contribution in [2.75, 3.05) is 0 Å². The van der Waals surface area contributed by atoms with Crippen LogP contribution in [-0.4, -0.2) is 40.0 Å². The number of benzene rings is 4. The second kappa shape index (κ2) is 14.0. The number of hydrogen-bond donors (Lipinski definition) is 1. The molecule has 1 atom stereocenters. The average Bonchev–Trinajstić information content (AvgIpc) is 3.47. The lowest BCUT2D eigenvalue weighted by Gasteiger charge is -2.18. The van der Waals surface area contributed by atoms with Crippen LogP contribution in [0.3, 0.4) is 0 Å². The lowest BCUT2D eigenvalue weighted by atomic mass is 10.0. The van der Waals surface area contributed by atoms with Gasteiger partial charge in [0.05, 0.1) is 15.4 Å². The zero-order valence-corrected chi connectivity index (χ0v) is 27.8. The fourth-order valence-electron chi connectivity index (χ4n) is 5.45. The second-order valence-corrected chi connectivity index (χ2v) is 13.9. The molecule has 0 aliphatic carbocycles. The van der Waals surface area contributed by atoms with Gasteiger partial charge in [-0.25, -0.2) is 13.4 Å². The molecule has 49 heavy (non-hydrogen) atoms. The summed E-state index contributed by atoms with van der Waals surface area (Å²) in [5.74, 6) is -0.693. The first-order valence-electron chi connectivity index (χ1n) is 14.9. The summed E-state index contributed by atoms with van der Waals surface area (Å²) in [5.41, 5.74) is 3.58. The highest BCUT2D eigenvalue weighted by Crippen LogP contribution is 2.29. The van der Waals surface area contributed by atoms with E-state index in [0.717, 1.165) is 34.9 Å². The first-order chi connectivity index (χ1) is 23.5. The number of pyridine rings is 1. The Bertz CT molecular complexity index is 2310. The summed E-state index contributed by atoms with van der Waals surface area (Å²) < 4.78 is 28.9. The highest BCUT2D eigenvalue weighted by molar-refractivity contribution is 8.06. The Morgan fingerprint density at radius 2 is 1.53 bits per heavy atom. The third kappa shape index (κ3) is 7.24. The number of carbonyl (C=O) groups is 2. The molecule has 1 amide bonds. The van der Waals surface area contributed by atoms with Crippen LogP contribution in [0.4, 0.5) is 5.69 Å². The maximum absolute atomic E-state index is 13.9. The third-order valence-electron chi connectivity index (χ3n) is 7.92. The van der Waals surface area contributed by atoms with Gasteiger partial charge in [0.1, 0.15) is 16.7 Å². The molecule has 2 heterocycles. The van der Waals surface area contributed by atoms with Gasteiger partial charge in [-0.15, -0.1) is 0 Å². The number of nitro benzene ring substituents is 1. The molecule has 0 fully saturated rings. The van der Waals surface area contributed by atoms with Gasteiger partial charge >= 0.3 is 0 Å². The lowest BCUT2D eigenvalue weighted by Crippen LogP contribution is -2.45. The number of rotatable bonds is 10. The predicted octanol–water partition coefficient (Wildman–Crippen LogP) is 7.31. The fraction of sp³-hybridized carbons (Fsp3) is 0.0833. The summed E-state index contributed by atoms with van der Waals surface area (Å²) in [6.07, 6.45) is 3.06. The molecule has 2 aromatic heterocycles. The summed E-state index contributed by atoms with van der Waals surface area (Å²) >= 11 is 11.9. The van der Waals surface area contributed by atoms with Crippen LogP contribution < -0.4 is 5.32 Å². The number of fused-ring (bicyclic) bond motifs is 1. The topological polar surface area (TPSA) is 141 Å². The van der Waals surface area contributed by atoms with Gasteiger partial charge < -0.3 is 9.88 Å². The van der Waals surface area contributed by atoms with Crippen molar-refractivity contribution in [3.05, 3.63) is 158 Å². The van der Waals surface area contributed by atoms with E-state index in [4.69, 9.17) is 23.2 Å². The van der Waals surface area contributed by atoms with Crippen LogP contribution in [-0.2, 0) is 27.6 Å². The lowest BCUT2D eigenvalue weighted by molar-refractivity contribution is -0.384. The van der Waals surface area contributed by atoms with Gasteiger partial charge in [-0.1, -0.05) is 89.9 Å². The van der Waals surface area contributed by atoms with Crippen LogP contribution in [0.15, 0.2) is 126 Å². The zero-order chi connectivity index (χ0) is 34.7. The Morgan fingerprint density at radius 3 is 2.20 bits per heavy atom. The monoisotopic (exact) mass is 712 g/mol. The van der Waals surface area contributed by atoms with Gasteiger partial charge in [-0.3, -0.25) is 19.7 Å². The normalized spacial score (nSPS) is 12.0. The van der Waals surface area contributed by atoms with Gasteiger partial charge in [-0.05, 0) is 58.7 Å². The number of nitrogens with one attached hydrogen (secondary N) is 1. The van der Waals surface area contributed by atoms with Crippen molar-refractivity contribution in [3.8, 4) is 11.1 Å². The highest BCUT2D eigenvalue weighted by atomic mass is 35.5. The minimum Gasteiger partial charge on any atom is -0.341 e. The summed E-state index contributed by atoms with van der Waals surface area (Å²) in [4.78, 5) is 42.1. The standard InChI is InChI=1S/C36H26Cl2N4O6S/c37-27-14-12-26(13-15-27)25-10-8-24(9-11-25)21-41-22-30(29-7-4-18-39-34(29)41)35(43)40-32(19-23-5-2-1-3-6-23)36(44)49(47,48)28-16-17-31(38)33(20-28)42(45)46/h1-18,20,22,32H,19,21H2,(H,40,43)/t32-/m0/s1. The van der Waals surface area contributed by atoms with Crippen molar-refractivity contribution < 1.29 is 22.9 Å². The first kappa shape index (κ1) is 33.5. The molecule has 0 radical (unpaired) electrons. The smallest absolute Gasteiger partial charge is 0.289 e. The maximum Gasteiger partial charge on any atom is 0.289 e. The molecule has 0 saturated heterocycles. The number of carbonyl (C=O) groups excluding carboxylic acids is 2. The van der Waals surface area contributed by atoms with E-state index in [2.05, 4.69) is 10.3 Å². The fourth-order valence-corrected chi connectivity index (χ4v) is 7.02. The summed E-state index contributed by atoms with van der Waals surface area (Å²) in [7, 11) is -4.80. The molecule has 0 saturated carbocycles. The average molecular weight is 714 g/mol. The van der Waals surface area contributed by atoms with Gasteiger partial charge in [0.25, 0.3) is 16.7 Å². The summed E-state index contributed by atoms with van der Waals surface area (Å²) in [6.45, 7) is 0.373. The molecule has 4 aromatic carbocycles. The third-order valence-corrected chi connectivity index (χ3v) is 10.2. The predicted molar refractivity (Wildman–Crippen MR) is 187 cm³/mol. The van der Waals surface area contributed by atoms with E-state index >= 15 is 0 Å². The number of halogens is 2. The van der Waals surface area contributed by atoms with Crippen molar-refractivity contribution in [3.63, 3.8) is 0 Å². The molecule has 13 heteroatoms. The van der Waals surface area contributed by atoms with E-state index in [1.807, 2.05) is 48.5 Å². The molecule has 10 nitrogen and oxygen atoms in total. The molecular weight excluding hydrogens is 687 g/mol. The minimum absolute atomic E-state index is 0.156. The number of aromatic nitrogens is 2. The second-order valence-electron chi connectivity index (χ2n) is 11.2. The first-order valence-corrected chi connectivity index (χ1v) is 17.1. The van der Waals surface area contributed by atoms with Gasteiger partial charge in [-0.2, -0.15) is 0 Å². The van der Waals surface area contributed by atoms with E-state index in [9.17, 15) is 28.1 Å². The highest BCUT2D eigenvalue weighted by Gasteiger charge is 2.35. The van der Waals surface area contributed by atoms with E-state index in [1.165, 1.54) is 0 Å². The molecule has 0 aliphatic rings. The van der Waals surface area contributed by atoms with Crippen LogP contribution in [0.5, 0.6) is 0 Å². The van der Waals surface area contributed by atoms with E-state index < -0.39 is 42.4 Å². The maximum atomic E-state index is 13.9. The number of nitro groups is 1. The molecule has 0 bridgehead atoms. The number of sulfone groups is 1. The summed E-state index contributed by atoms with van der Waals surface area (Å²) in [5, 5.41) is 13.6. The van der Waals surface area contributed by atoms with Crippen molar-refractivity contribution in [1.29, 1.82) is 0 Å². The minimum atomic E-state index is -4.80. The SMILES string of the molecule is O=C(N[C@@H](Cc1ccccc1)C(=O)S(=O)(=O)c1ccc(Cl)c([N+](=O)[O-])c1)c1cn(Cc2ccc(-c3ccc(Cl)cc3)cc2)c2ncccc12. The van der Waals surface area contributed by atoms with E-state index in [0.29, 0.717) is 28.2 Å². The summed E-state index contributed by atoms with van der Waals surface area (Å²) in [6, 6.07) is 28.7. The Morgan fingerprint density at radius 1 is 0.857 bits per heavy atom. The molecule has 0 spiro atoms. The molecule has 6 rings (SSSR count). The quantitative estimate of drug-likeness (QED) is 0.116. The van der Waals surface area contributed by atoms with Crippen LogP contribution in [0.25, 0.3) is 22.2 Å². The van der Waals surface area contributed by atoms with E-state index in [-0.39, 0.29) is 17.0 Å². The molecule has 0 unspecified atom stereocenters. The number of nitrogens with zero attached hydrogens (tertiary/aromatic N) is 3. The Labute approximate surface area is 291 Å². The van der Waals surface area contributed by atoms with Crippen LogP contribution in [0.1, 0.15) is 21.5 Å².